The Hall–Kier alpha value is -0.860. The summed E-state index contributed by atoms with van der Waals surface area (Å²) in [5.41, 5.74) is 6.16. The summed E-state index contributed by atoms with van der Waals surface area (Å²) in [4.78, 5) is 5.80. The Morgan fingerprint density at radius 3 is 2.24 bits per heavy atom. The van der Waals surface area contributed by atoms with Gasteiger partial charge in [-0.1, -0.05) is 17.7 Å². The predicted molar refractivity (Wildman–Crippen MR) is 76.1 cm³/mol. The van der Waals surface area contributed by atoms with Gasteiger partial charge in [0.1, 0.15) is 0 Å². The second-order valence-corrected chi connectivity index (χ2v) is 5.97. The quantitative estimate of drug-likeness (QED) is 0.712. The largest absolute Gasteiger partial charge is 0.241 e. The van der Waals surface area contributed by atoms with Crippen molar-refractivity contribution in [3.8, 4) is 11.3 Å². The van der Waals surface area contributed by atoms with Crippen LogP contribution >= 0.6 is 22.9 Å². The Kier molecular flexibility index (Phi) is 3.55. The average Bonchev–Trinajstić information content (AvgIpc) is 2.58. The van der Waals surface area contributed by atoms with Crippen molar-refractivity contribution >= 4 is 22.9 Å². The van der Waals surface area contributed by atoms with E-state index in [1.54, 1.807) is 11.3 Å². The van der Waals surface area contributed by atoms with Crippen LogP contribution in [0.15, 0.2) is 12.1 Å². The maximum Gasteiger partial charge on any atom is 0.0904 e. The number of hydrogen-bond acceptors (Lipinski definition) is 2. The summed E-state index contributed by atoms with van der Waals surface area (Å²) >= 11 is 7.69. The van der Waals surface area contributed by atoms with Crippen LogP contribution < -0.4 is 0 Å². The maximum atomic E-state index is 6.00. The highest BCUT2D eigenvalue weighted by atomic mass is 35.5. The molecule has 0 saturated carbocycles. The number of hydrogen-bond donors (Lipinski definition) is 0. The van der Waals surface area contributed by atoms with E-state index in [1.807, 2.05) is 6.92 Å². The van der Waals surface area contributed by atoms with Crippen LogP contribution in [-0.4, -0.2) is 4.98 Å². The molecule has 0 fully saturated rings. The van der Waals surface area contributed by atoms with E-state index in [0.717, 1.165) is 10.7 Å². The highest BCUT2D eigenvalue weighted by Gasteiger charge is 2.14. The molecule has 2 rings (SSSR count). The van der Waals surface area contributed by atoms with Crippen molar-refractivity contribution in [3.63, 3.8) is 0 Å². The van der Waals surface area contributed by atoms with E-state index < -0.39 is 0 Å². The smallest absolute Gasteiger partial charge is 0.0904 e. The van der Waals surface area contributed by atoms with E-state index in [9.17, 15) is 0 Å². The molecule has 0 atom stereocenters. The molecular formula is C14H16ClNS. The summed E-state index contributed by atoms with van der Waals surface area (Å²) in [6, 6.07) is 4.41. The predicted octanol–water partition coefficient (Wildman–Crippen LogP) is 4.78. The van der Waals surface area contributed by atoms with Crippen LogP contribution in [0.1, 0.15) is 26.6 Å². The normalized spacial score (nSPS) is 10.9. The SMILES string of the molecule is Cc1cc(C)c(-c2nc(C)sc2CCl)c(C)c1. The molecule has 0 unspecified atom stereocenters. The minimum Gasteiger partial charge on any atom is -0.241 e. The molecule has 0 amide bonds. The van der Waals surface area contributed by atoms with E-state index in [4.69, 9.17) is 11.6 Å². The van der Waals surface area contributed by atoms with Gasteiger partial charge in [-0.2, -0.15) is 0 Å². The zero-order valence-electron chi connectivity index (χ0n) is 10.6. The van der Waals surface area contributed by atoms with Crippen molar-refractivity contribution in [2.75, 3.05) is 0 Å². The molecule has 2 aromatic rings. The number of aryl methyl sites for hydroxylation is 4. The third-order valence-electron chi connectivity index (χ3n) is 2.84. The van der Waals surface area contributed by atoms with Gasteiger partial charge in [0.05, 0.1) is 16.6 Å². The van der Waals surface area contributed by atoms with Gasteiger partial charge in [-0.3, -0.25) is 0 Å². The maximum absolute atomic E-state index is 6.00. The fourth-order valence-corrected chi connectivity index (χ4v) is 3.39. The van der Waals surface area contributed by atoms with Gasteiger partial charge in [0.15, 0.2) is 0 Å². The number of thiazole rings is 1. The molecule has 0 saturated heterocycles. The van der Waals surface area contributed by atoms with Crippen LogP contribution in [0.3, 0.4) is 0 Å². The second kappa shape index (κ2) is 4.79. The minimum atomic E-state index is 0.535. The average molecular weight is 266 g/mol. The van der Waals surface area contributed by atoms with Crippen LogP contribution in [0.2, 0.25) is 0 Å². The molecule has 1 nitrogen and oxygen atoms in total. The van der Waals surface area contributed by atoms with Gasteiger partial charge in [-0.15, -0.1) is 22.9 Å². The first-order valence-corrected chi connectivity index (χ1v) is 6.98. The van der Waals surface area contributed by atoms with Crippen LogP contribution in [0.25, 0.3) is 11.3 Å². The van der Waals surface area contributed by atoms with Gasteiger partial charge in [0, 0.05) is 10.4 Å². The van der Waals surface area contributed by atoms with Crippen LogP contribution in [0.5, 0.6) is 0 Å². The lowest BCUT2D eigenvalue weighted by atomic mass is 9.97. The number of halogens is 1. The second-order valence-electron chi connectivity index (χ2n) is 4.41. The number of alkyl halides is 1. The lowest BCUT2D eigenvalue weighted by Crippen LogP contribution is -1.92. The van der Waals surface area contributed by atoms with Gasteiger partial charge < -0.3 is 0 Å². The summed E-state index contributed by atoms with van der Waals surface area (Å²) in [7, 11) is 0. The third-order valence-corrected chi connectivity index (χ3v) is 4.24. The van der Waals surface area contributed by atoms with Crippen molar-refractivity contribution < 1.29 is 0 Å². The lowest BCUT2D eigenvalue weighted by Gasteiger charge is -2.10. The Balaban J connectivity index is 2.67. The van der Waals surface area contributed by atoms with E-state index in [-0.39, 0.29) is 0 Å². The molecule has 0 N–H and O–H groups in total. The van der Waals surface area contributed by atoms with E-state index >= 15 is 0 Å². The first kappa shape index (κ1) is 12.6. The van der Waals surface area contributed by atoms with Crippen molar-refractivity contribution in [1.29, 1.82) is 0 Å². The summed E-state index contributed by atoms with van der Waals surface area (Å²) in [5, 5.41) is 1.08. The van der Waals surface area contributed by atoms with Gasteiger partial charge in [-0.25, -0.2) is 4.98 Å². The van der Waals surface area contributed by atoms with Crippen LogP contribution in [-0.2, 0) is 5.88 Å². The van der Waals surface area contributed by atoms with Gasteiger partial charge in [0.2, 0.25) is 0 Å². The molecule has 0 spiro atoms. The summed E-state index contributed by atoms with van der Waals surface area (Å²) < 4.78 is 0. The van der Waals surface area contributed by atoms with Gasteiger partial charge >= 0.3 is 0 Å². The highest BCUT2D eigenvalue weighted by Crippen LogP contribution is 2.34. The first-order valence-electron chi connectivity index (χ1n) is 5.63. The summed E-state index contributed by atoms with van der Waals surface area (Å²) in [5.74, 6) is 0.535. The topological polar surface area (TPSA) is 12.9 Å². The molecule has 1 heterocycles. The molecule has 3 heteroatoms. The van der Waals surface area contributed by atoms with Crippen LogP contribution in [0, 0.1) is 27.7 Å². The highest BCUT2D eigenvalue weighted by molar-refractivity contribution is 7.12. The standard InChI is InChI=1S/C14H16ClNS/c1-8-5-9(2)13(10(3)6-8)14-12(7-15)17-11(4)16-14/h5-6H,7H2,1-4H3. The lowest BCUT2D eigenvalue weighted by molar-refractivity contribution is 1.24. The minimum absolute atomic E-state index is 0.535. The molecule has 1 aromatic carbocycles. The molecule has 0 aliphatic heterocycles. The van der Waals surface area contributed by atoms with Crippen molar-refractivity contribution in [3.05, 3.63) is 38.7 Å². The van der Waals surface area contributed by atoms with E-state index in [1.165, 1.54) is 27.1 Å². The van der Waals surface area contributed by atoms with Gasteiger partial charge in [0.25, 0.3) is 0 Å². The molecular weight excluding hydrogens is 250 g/mol. The number of nitrogens with zero attached hydrogens (tertiary/aromatic N) is 1. The Bertz CT molecular complexity index is 534. The third kappa shape index (κ3) is 2.38. The molecule has 90 valence electrons. The van der Waals surface area contributed by atoms with Crippen molar-refractivity contribution in [2.45, 2.75) is 33.6 Å². The molecule has 0 radical (unpaired) electrons. The molecule has 17 heavy (non-hydrogen) atoms. The Morgan fingerprint density at radius 1 is 1.12 bits per heavy atom. The van der Waals surface area contributed by atoms with E-state index in [2.05, 4.69) is 37.9 Å². The summed E-state index contributed by atoms with van der Waals surface area (Å²) in [6.07, 6.45) is 0. The van der Waals surface area contributed by atoms with Crippen molar-refractivity contribution in [2.24, 2.45) is 0 Å². The molecule has 0 bridgehead atoms. The Morgan fingerprint density at radius 2 is 1.71 bits per heavy atom. The molecule has 0 aliphatic rings. The molecule has 0 aliphatic carbocycles. The first-order chi connectivity index (χ1) is 8.02. The van der Waals surface area contributed by atoms with E-state index in [0.29, 0.717) is 5.88 Å². The van der Waals surface area contributed by atoms with Gasteiger partial charge in [-0.05, 0) is 38.8 Å². The monoisotopic (exact) mass is 265 g/mol. The van der Waals surface area contributed by atoms with Crippen LogP contribution in [0.4, 0.5) is 0 Å². The fourth-order valence-electron chi connectivity index (χ4n) is 2.31. The number of benzene rings is 1. The van der Waals surface area contributed by atoms with Crippen molar-refractivity contribution in [1.82, 2.24) is 4.98 Å². The molecule has 1 aromatic heterocycles. The Labute approximate surface area is 111 Å². The zero-order chi connectivity index (χ0) is 12.6. The number of aromatic nitrogens is 1. The summed E-state index contributed by atoms with van der Waals surface area (Å²) in [6.45, 7) is 8.44. The number of rotatable bonds is 2. The fraction of sp³-hybridized carbons (Fsp3) is 0.357. The zero-order valence-corrected chi connectivity index (χ0v) is 12.2.